The second-order valence-electron chi connectivity index (χ2n) is 6.31. The molecule has 1 amide bonds. The Balaban J connectivity index is 1.87. The Morgan fingerprint density at radius 3 is 2.45 bits per heavy atom. The number of fused-ring (bicyclic) bond motifs is 1. The maximum atomic E-state index is 12.5. The van der Waals surface area contributed by atoms with E-state index in [1.54, 1.807) is 6.92 Å². The van der Waals surface area contributed by atoms with Crippen LogP contribution in [0.25, 0.3) is 10.1 Å². The monoisotopic (exact) mass is 413 g/mol. The molecule has 3 rings (SSSR count). The van der Waals surface area contributed by atoms with Crippen molar-refractivity contribution in [3.63, 3.8) is 0 Å². The molecule has 0 fully saturated rings. The fourth-order valence-electron chi connectivity index (χ4n) is 2.89. The van der Waals surface area contributed by atoms with E-state index in [4.69, 9.17) is 14.2 Å². The van der Waals surface area contributed by atoms with E-state index >= 15 is 0 Å². The van der Waals surface area contributed by atoms with Gasteiger partial charge < -0.3 is 19.5 Å². The van der Waals surface area contributed by atoms with Crippen molar-refractivity contribution in [2.45, 2.75) is 20.8 Å². The van der Waals surface area contributed by atoms with Gasteiger partial charge in [-0.2, -0.15) is 0 Å². The number of nitrogens with one attached hydrogen (secondary N) is 1. The minimum absolute atomic E-state index is 0.252. The van der Waals surface area contributed by atoms with Gasteiger partial charge in [-0.15, -0.1) is 11.3 Å². The number of thiophene rings is 1. The van der Waals surface area contributed by atoms with E-state index in [0.717, 1.165) is 16.0 Å². The number of para-hydroxylation sites is 1. The summed E-state index contributed by atoms with van der Waals surface area (Å²) < 4.78 is 17.7. The summed E-state index contributed by atoms with van der Waals surface area (Å²) in [5.74, 6) is 0.730. The topological polar surface area (TPSA) is 73.9 Å². The number of rotatable bonds is 8. The van der Waals surface area contributed by atoms with E-state index in [1.165, 1.54) is 18.3 Å². The molecule has 7 heteroatoms. The summed E-state index contributed by atoms with van der Waals surface area (Å²) in [5, 5.41) is 3.89. The summed E-state index contributed by atoms with van der Waals surface area (Å²) in [6.07, 6.45) is 0. The molecule has 0 saturated carbocycles. The summed E-state index contributed by atoms with van der Waals surface area (Å²) in [5.41, 5.74) is 1.29. The van der Waals surface area contributed by atoms with E-state index in [-0.39, 0.29) is 12.5 Å². The number of anilines is 1. The van der Waals surface area contributed by atoms with Crippen LogP contribution in [0.3, 0.4) is 0 Å². The Hall–Kier alpha value is -3.06. The maximum absolute atomic E-state index is 12.5. The number of hydrogen-bond donors (Lipinski definition) is 1. The van der Waals surface area contributed by atoms with Gasteiger partial charge in [-0.3, -0.25) is 4.79 Å². The molecule has 0 aliphatic rings. The number of amides is 1. The zero-order chi connectivity index (χ0) is 20.8. The molecule has 29 heavy (non-hydrogen) atoms. The first kappa shape index (κ1) is 20.7. The minimum atomic E-state index is -0.468. The standard InChI is InChI=1S/C22H23NO5S/c1-4-26-22(25)18-17-11-10-14(2)19(20(17)29-21(18)23-15(3)24)28-13-12-27-16-8-6-5-7-9-16/h5-11H,4,12-13H2,1-3H3,(H,23,24). The number of benzene rings is 2. The van der Waals surface area contributed by atoms with Crippen LogP contribution in [0.1, 0.15) is 29.8 Å². The lowest BCUT2D eigenvalue weighted by Gasteiger charge is -2.11. The number of esters is 1. The van der Waals surface area contributed by atoms with Gasteiger partial charge in [-0.1, -0.05) is 30.3 Å². The van der Waals surface area contributed by atoms with E-state index in [9.17, 15) is 9.59 Å². The van der Waals surface area contributed by atoms with E-state index < -0.39 is 5.97 Å². The lowest BCUT2D eigenvalue weighted by Crippen LogP contribution is -2.11. The SMILES string of the molecule is CCOC(=O)c1c(NC(C)=O)sc2c(OCCOc3ccccc3)c(C)ccc12. The second kappa shape index (κ2) is 9.43. The highest BCUT2D eigenvalue weighted by molar-refractivity contribution is 7.23. The van der Waals surface area contributed by atoms with Crippen LogP contribution in [-0.2, 0) is 9.53 Å². The van der Waals surface area contributed by atoms with Crippen LogP contribution in [0.4, 0.5) is 5.00 Å². The Bertz CT molecular complexity index is 1010. The molecular weight excluding hydrogens is 390 g/mol. The largest absolute Gasteiger partial charge is 0.490 e. The van der Waals surface area contributed by atoms with Gasteiger partial charge in [0.25, 0.3) is 0 Å². The third kappa shape index (κ3) is 4.86. The van der Waals surface area contributed by atoms with Gasteiger partial charge in [0.1, 0.15) is 35.3 Å². The Labute approximate surface area is 173 Å². The number of aryl methyl sites for hydroxylation is 1. The van der Waals surface area contributed by atoms with Crippen LogP contribution < -0.4 is 14.8 Å². The van der Waals surface area contributed by atoms with E-state index in [2.05, 4.69) is 5.32 Å². The average Bonchev–Trinajstić information content (AvgIpc) is 3.05. The second-order valence-corrected chi connectivity index (χ2v) is 7.33. The number of hydrogen-bond acceptors (Lipinski definition) is 6. The van der Waals surface area contributed by atoms with Gasteiger partial charge in [0, 0.05) is 12.3 Å². The molecule has 0 spiro atoms. The number of ether oxygens (including phenoxy) is 3. The molecule has 1 aromatic heterocycles. The summed E-state index contributed by atoms with van der Waals surface area (Å²) in [7, 11) is 0. The molecular formula is C22H23NO5S. The first-order valence-corrected chi connectivity index (χ1v) is 10.1. The third-order valence-corrected chi connectivity index (χ3v) is 5.24. The quantitative estimate of drug-likeness (QED) is 0.424. The fourth-order valence-corrected chi connectivity index (χ4v) is 4.17. The predicted octanol–water partition coefficient (Wildman–Crippen LogP) is 4.80. The van der Waals surface area contributed by atoms with Gasteiger partial charge in [0.05, 0.1) is 11.3 Å². The molecule has 2 aromatic carbocycles. The van der Waals surface area contributed by atoms with Crippen LogP contribution in [0.5, 0.6) is 11.5 Å². The summed E-state index contributed by atoms with van der Waals surface area (Å²) in [6.45, 7) is 6.07. The molecule has 6 nitrogen and oxygen atoms in total. The van der Waals surface area contributed by atoms with Gasteiger partial charge in [-0.05, 0) is 31.5 Å². The first-order chi connectivity index (χ1) is 14.0. The van der Waals surface area contributed by atoms with Crippen LogP contribution >= 0.6 is 11.3 Å². The molecule has 0 aliphatic heterocycles. The van der Waals surface area contributed by atoms with Crippen LogP contribution in [0, 0.1) is 6.92 Å². The molecule has 0 saturated heterocycles. The molecule has 3 aromatic rings. The molecule has 0 unspecified atom stereocenters. The Morgan fingerprint density at radius 2 is 1.76 bits per heavy atom. The highest BCUT2D eigenvalue weighted by Gasteiger charge is 2.23. The average molecular weight is 413 g/mol. The lowest BCUT2D eigenvalue weighted by atomic mass is 10.1. The first-order valence-electron chi connectivity index (χ1n) is 9.32. The zero-order valence-corrected chi connectivity index (χ0v) is 17.4. The van der Waals surface area contributed by atoms with Gasteiger partial charge in [-0.25, -0.2) is 4.79 Å². The normalized spacial score (nSPS) is 10.6. The number of carbonyl (C=O) groups is 2. The van der Waals surface area contributed by atoms with E-state index in [0.29, 0.717) is 34.9 Å². The molecule has 152 valence electrons. The van der Waals surface area contributed by atoms with Crippen LogP contribution in [0.2, 0.25) is 0 Å². The summed E-state index contributed by atoms with van der Waals surface area (Å²) in [4.78, 5) is 24.1. The van der Waals surface area contributed by atoms with Gasteiger partial charge >= 0.3 is 5.97 Å². The maximum Gasteiger partial charge on any atom is 0.341 e. The van der Waals surface area contributed by atoms with Crippen molar-refractivity contribution in [1.29, 1.82) is 0 Å². The molecule has 0 radical (unpaired) electrons. The highest BCUT2D eigenvalue weighted by Crippen LogP contribution is 2.42. The third-order valence-electron chi connectivity index (χ3n) is 4.12. The Morgan fingerprint density at radius 1 is 1.03 bits per heavy atom. The van der Waals surface area contributed by atoms with Crippen molar-refractivity contribution in [2.75, 3.05) is 25.1 Å². The van der Waals surface area contributed by atoms with Crippen molar-refractivity contribution in [2.24, 2.45) is 0 Å². The molecule has 1 N–H and O–H groups in total. The summed E-state index contributed by atoms with van der Waals surface area (Å²) >= 11 is 1.30. The highest BCUT2D eigenvalue weighted by atomic mass is 32.1. The van der Waals surface area contributed by atoms with Crippen molar-refractivity contribution in [3.05, 3.63) is 53.6 Å². The number of carbonyl (C=O) groups excluding carboxylic acids is 2. The predicted molar refractivity (Wildman–Crippen MR) is 114 cm³/mol. The minimum Gasteiger partial charge on any atom is -0.490 e. The van der Waals surface area contributed by atoms with Crippen LogP contribution in [-0.4, -0.2) is 31.7 Å². The van der Waals surface area contributed by atoms with Gasteiger partial charge in [0.2, 0.25) is 5.91 Å². The lowest BCUT2D eigenvalue weighted by molar-refractivity contribution is -0.114. The smallest absolute Gasteiger partial charge is 0.341 e. The zero-order valence-electron chi connectivity index (χ0n) is 16.6. The Kier molecular flexibility index (Phi) is 6.72. The van der Waals surface area contributed by atoms with Crippen molar-refractivity contribution >= 4 is 38.3 Å². The van der Waals surface area contributed by atoms with Crippen LogP contribution in [0.15, 0.2) is 42.5 Å². The van der Waals surface area contributed by atoms with Crippen molar-refractivity contribution in [3.8, 4) is 11.5 Å². The molecule has 0 bridgehead atoms. The van der Waals surface area contributed by atoms with Gasteiger partial charge in [0.15, 0.2) is 0 Å². The van der Waals surface area contributed by atoms with Crippen molar-refractivity contribution in [1.82, 2.24) is 0 Å². The molecule has 0 atom stereocenters. The van der Waals surface area contributed by atoms with Crippen molar-refractivity contribution < 1.29 is 23.8 Å². The van der Waals surface area contributed by atoms with E-state index in [1.807, 2.05) is 49.4 Å². The summed E-state index contributed by atoms with van der Waals surface area (Å²) in [6, 6.07) is 13.3. The fraction of sp³-hybridized carbons (Fsp3) is 0.273. The molecule has 0 aliphatic carbocycles. The molecule has 1 heterocycles.